The lowest BCUT2D eigenvalue weighted by Crippen LogP contribution is -2.25. The van der Waals surface area contributed by atoms with Gasteiger partial charge in [-0.3, -0.25) is 4.79 Å². The molecule has 2 aromatic carbocycles. The van der Waals surface area contributed by atoms with Crippen LogP contribution in [0, 0.1) is 0 Å². The van der Waals surface area contributed by atoms with Gasteiger partial charge in [-0.25, -0.2) is 0 Å². The minimum absolute atomic E-state index is 0.0564. The molecule has 21 heavy (non-hydrogen) atoms. The van der Waals surface area contributed by atoms with Gasteiger partial charge in [-0.15, -0.1) is 0 Å². The lowest BCUT2D eigenvalue weighted by Gasteiger charge is -2.29. The van der Waals surface area contributed by atoms with E-state index in [1.54, 1.807) is 6.07 Å². The molecule has 1 unspecified atom stereocenters. The van der Waals surface area contributed by atoms with Crippen molar-refractivity contribution < 1.29 is 4.79 Å². The van der Waals surface area contributed by atoms with E-state index in [2.05, 4.69) is 22.9 Å². The molecule has 5 heteroatoms. The molecule has 0 radical (unpaired) electrons. The number of primary amides is 1. The van der Waals surface area contributed by atoms with Crippen molar-refractivity contribution >= 4 is 33.2 Å². The van der Waals surface area contributed by atoms with Crippen LogP contribution in [-0.2, 0) is 0 Å². The van der Waals surface area contributed by atoms with Gasteiger partial charge in [0.05, 0.1) is 17.3 Å². The first kappa shape index (κ1) is 15.4. The first-order chi connectivity index (χ1) is 9.90. The fourth-order valence-electron chi connectivity index (χ4n) is 2.26. The molecular formula is C16H18BrN3O. The molecule has 0 saturated heterocycles. The third-order valence-corrected chi connectivity index (χ3v) is 4.07. The quantitative estimate of drug-likeness (QED) is 0.833. The molecule has 4 nitrogen and oxygen atoms in total. The van der Waals surface area contributed by atoms with Crippen LogP contribution in [0.2, 0.25) is 0 Å². The lowest BCUT2D eigenvalue weighted by atomic mass is 10.0. The monoisotopic (exact) mass is 347 g/mol. The third-order valence-electron chi connectivity index (χ3n) is 3.58. The number of hydrogen-bond donors (Lipinski definition) is 2. The van der Waals surface area contributed by atoms with E-state index in [0.717, 1.165) is 21.4 Å². The number of nitrogen functional groups attached to an aromatic ring is 1. The summed E-state index contributed by atoms with van der Waals surface area (Å²) in [4.78, 5) is 13.6. The van der Waals surface area contributed by atoms with Gasteiger partial charge in [-0.2, -0.15) is 0 Å². The maximum absolute atomic E-state index is 11.6. The summed E-state index contributed by atoms with van der Waals surface area (Å²) in [6.07, 6.45) is 0. The van der Waals surface area contributed by atoms with E-state index in [4.69, 9.17) is 11.5 Å². The Morgan fingerprint density at radius 1 is 1.24 bits per heavy atom. The number of carbonyl (C=O) groups excluding carboxylic acids is 1. The van der Waals surface area contributed by atoms with Crippen LogP contribution in [0.1, 0.15) is 28.9 Å². The van der Waals surface area contributed by atoms with Crippen molar-refractivity contribution in [2.24, 2.45) is 5.73 Å². The average Bonchev–Trinajstić information content (AvgIpc) is 2.45. The summed E-state index contributed by atoms with van der Waals surface area (Å²) in [5, 5.41) is 0. The van der Waals surface area contributed by atoms with Gasteiger partial charge in [0.1, 0.15) is 0 Å². The summed E-state index contributed by atoms with van der Waals surface area (Å²) < 4.78 is 0.897. The van der Waals surface area contributed by atoms with Crippen molar-refractivity contribution in [3.63, 3.8) is 0 Å². The number of nitrogens with zero attached hydrogens (tertiary/aromatic N) is 1. The second kappa shape index (κ2) is 6.18. The first-order valence-electron chi connectivity index (χ1n) is 6.57. The fourth-order valence-corrected chi connectivity index (χ4v) is 2.61. The molecule has 110 valence electrons. The largest absolute Gasteiger partial charge is 0.399 e. The molecule has 0 aliphatic heterocycles. The van der Waals surface area contributed by atoms with Gasteiger partial charge in [-0.1, -0.05) is 28.1 Å². The Balaban J connectivity index is 2.41. The summed E-state index contributed by atoms with van der Waals surface area (Å²) in [5.74, 6) is -0.441. The van der Waals surface area contributed by atoms with Gasteiger partial charge < -0.3 is 16.4 Å². The SMILES string of the molecule is CC(c1cccc(N)c1)N(C)c1cc(Br)ccc1C(N)=O. The molecule has 0 aliphatic carbocycles. The highest BCUT2D eigenvalue weighted by atomic mass is 79.9. The number of rotatable bonds is 4. The van der Waals surface area contributed by atoms with Gasteiger partial charge in [0.15, 0.2) is 0 Å². The van der Waals surface area contributed by atoms with Gasteiger partial charge in [-0.05, 0) is 42.8 Å². The van der Waals surface area contributed by atoms with Crippen molar-refractivity contribution in [2.75, 3.05) is 17.7 Å². The van der Waals surface area contributed by atoms with Crippen LogP contribution < -0.4 is 16.4 Å². The summed E-state index contributed by atoms with van der Waals surface area (Å²) in [5.41, 5.74) is 14.4. The number of nitrogens with two attached hydrogens (primary N) is 2. The number of halogens is 1. The number of hydrogen-bond acceptors (Lipinski definition) is 3. The molecule has 1 atom stereocenters. The van der Waals surface area contributed by atoms with Crippen molar-refractivity contribution in [3.05, 3.63) is 58.1 Å². The van der Waals surface area contributed by atoms with Gasteiger partial charge in [0, 0.05) is 17.2 Å². The summed E-state index contributed by atoms with van der Waals surface area (Å²) in [7, 11) is 1.93. The Labute approximate surface area is 132 Å². The molecule has 0 aromatic heterocycles. The minimum atomic E-state index is -0.441. The van der Waals surface area contributed by atoms with Gasteiger partial charge >= 0.3 is 0 Å². The molecule has 0 fully saturated rings. The normalized spacial score (nSPS) is 12.0. The van der Waals surface area contributed by atoms with Crippen LogP contribution in [0.4, 0.5) is 11.4 Å². The van der Waals surface area contributed by atoms with E-state index in [9.17, 15) is 4.79 Å². The predicted molar refractivity (Wildman–Crippen MR) is 90.3 cm³/mol. The molecular weight excluding hydrogens is 330 g/mol. The van der Waals surface area contributed by atoms with Crippen molar-refractivity contribution in [3.8, 4) is 0 Å². The summed E-state index contributed by atoms with van der Waals surface area (Å²) in [6, 6.07) is 13.2. The smallest absolute Gasteiger partial charge is 0.250 e. The standard InChI is InChI=1S/C16H18BrN3O/c1-10(11-4-3-5-13(18)8-11)20(2)15-9-12(17)6-7-14(15)16(19)21/h3-10H,18H2,1-2H3,(H2,19,21). The Morgan fingerprint density at radius 2 is 1.95 bits per heavy atom. The Morgan fingerprint density at radius 3 is 2.57 bits per heavy atom. The molecule has 2 aromatic rings. The zero-order valence-corrected chi connectivity index (χ0v) is 13.6. The molecule has 0 bridgehead atoms. The van der Waals surface area contributed by atoms with Crippen LogP contribution >= 0.6 is 15.9 Å². The number of carbonyl (C=O) groups is 1. The predicted octanol–water partition coefficient (Wildman–Crippen LogP) is 3.33. The van der Waals surface area contributed by atoms with Crippen LogP contribution in [0.15, 0.2) is 46.9 Å². The van der Waals surface area contributed by atoms with E-state index in [0.29, 0.717) is 5.56 Å². The zero-order chi connectivity index (χ0) is 15.6. The van der Waals surface area contributed by atoms with Crippen molar-refractivity contribution in [1.29, 1.82) is 0 Å². The second-order valence-corrected chi connectivity index (χ2v) is 5.90. The van der Waals surface area contributed by atoms with E-state index in [-0.39, 0.29) is 6.04 Å². The molecule has 0 saturated carbocycles. The van der Waals surface area contributed by atoms with Gasteiger partial charge in [0.2, 0.25) is 0 Å². The lowest BCUT2D eigenvalue weighted by molar-refractivity contribution is 0.100. The highest BCUT2D eigenvalue weighted by Gasteiger charge is 2.18. The van der Waals surface area contributed by atoms with Gasteiger partial charge in [0.25, 0.3) is 5.91 Å². The molecule has 0 heterocycles. The number of anilines is 2. The molecule has 2 rings (SSSR count). The van der Waals surface area contributed by atoms with E-state index >= 15 is 0 Å². The third kappa shape index (κ3) is 3.36. The zero-order valence-electron chi connectivity index (χ0n) is 12.0. The Kier molecular flexibility index (Phi) is 4.53. The van der Waals surface area contributed by atoms with Crippen LogP contribution in [-0.4, -0.2) is 13.0 Å². The number of amides is 1. The highest BCUT2D eigenvalue weighted by Crippen LogP contribution is 2.31. The maximum atomic E-state index is 11.6. The first-order valence-corrected chi connectivity index (χ1v) is 7.37. The minimum Gasteiger partial charge on any atom is -0.399 e. The topological polar surface area (TPSA) is 72.3 Å². The molecule has 4 N–H and O–H groups in total. The number of benzene rings is 2. The van der Waals surface area contributed by atoms with Crippen LogP contribution in [0.25, 0.3) is 0 Å². The molecule has 0 aliphatic rings. The molecule has 0 spiro atoms. The van der Waals surface area contributed by atoms with Crippen molar-refractivity contribution in [2.45, 2.75) is 13.0 Å². The van der Waals surface area contributed by atoms with E-state index < -0.39 is 5.91 Å². The van der Waals surface area contributed by atoms with Crippen LogP contribution in [0.5, 0.6) is 0 Å². The van der Waals surface area contributed by atoms with Crippen molar-refractivity contribution in [1.82, 2.24) is 0 Å². The summed E-state index contributed by atoms with van der Waals surface area (Å²) >= 11 is 3.43. The van der Waals surface area contributed by atoms with E-state index in [1.165, 1.54) is 0 Å². The second-order valence-electron chi connectivity index (χ2n) is 4.98. The molecule has 1 amide bonds. The van der Waals surface area contributed by atoms with E-state index in [1.807, 2.05) is 48.3 Å². The average molecular weight is 348 g/mol. The summed E-state index contributed by atoms with van der Waals surface area (Å²) in [6.45, 7) is 2.06. The van der Waals surface area contributed by atoms with Crippen LogP contribution in [0.3, 0.4) is 0 Å². The maximum Gasteiger partial charge on any atom is 0.250 e. The highest BCUT2D eigenvalue weighted by molar-refractivity contribution is 9.10. The Hall–Kier alpha value is -2.01. The fraction of sp³-hybridized carbons (Fsp3) is 0.188. The Bertz CT molecular complexity index is 672.